The molecule has 0 spiro atoms. The van der Waals surface area contributed by atoms with Crippen LogP contribution in [0.1, 0.15) is 172 Å². The standard InChI is InChI=1S/C43H64O7/c1-5-9-11-13-15-17-19-21-23-25-42(45)49-37-29-27-35(28-32-39(44)38-31-30-36(47-7-3)33-41(38)48-8-4)40(34-37)50-43(46)26-24-22-20-18-16-14-12-10-6-2/h27-34H,5-26H2,1-4H3. The maximum absolute atomic E-state index is 13.3. The molecule has 278 valence electrons. The molecule has 0 radical (unpaired) electrons. The van der Waals surface area contributed by atoms with E-state index in [9.17, 15) is 14.4 Å². The molecule has 0 aliphatic rings. The van der Waals surface area contributed by atoms with Crippen LogP contribution in [0.25, 0.3) is 6.08 Å². The lowest BCUT2D eigenvalue weighted by molar-refractivity contribution is -0.135. The third-order valence-electron chi connectivity index (χ3n) is 8.65. The van der Waals surface area contributed by atoms with Gasteiger partial charge in [0, 0.05) is 30.5 Å². The minimum atomic E-state index is -0.350. The Balaban J connectivity index is 2.05. The SMILES string of the molecule is CCCCCCCCCCCC(=O)Oc1ccc(C=CC(=O)c2ccc(OCC)cc2OCC)c(OC(=O)CCCCCCCCCCC)c1. The lowest BCUT2D eigenvalue weighted by Crippen LogP contribution is -2.10. The molecular weight excluding hydrogens is 628 g/mol. The van der Waals surface area contributed by atoms with E-state index in [1.165, 1.54) is 83.1 Å². The van der Waals surface area contributed by atoms with Gasteiger partial charge in [-0.1, -0.05) is 117 Å². The Kier molecular flexibility index (Phi) is 23.1. The summed E-state index contributed by atoms with van der Waals surface area (Å²) in [5, 5.41) is 0. The first-order chi connectivity index (χ1) is 24.4. The van der Waals surface area contributed by atoms with Gasteiger partial charge in [0.05, 0.1) is 18.8 Å². The van der Waals surface area contributed by atoms with Gasteiger partial charge >= 0.3 is 11.9 Å². The molecular formula is C43H64O7. The summed E-state index contributed by atoms with van der Waals surface area (Å²) in [5.74, 6) is 0.704. The van der Waals surface area contributed by atoms with E-state index in [0.29, 0.717) is 54.4 Å². The summed E-state index contributed by atoms with van der Waals surface area (Å²) in [6, 6.07) is 10.1. The van der Waals surface area contributed by atoms with E-state index in [1.54, 1.807) is 42.5 Å². The summed E-state index contributed by atoms with van der Waals surface area (Å²) in [5.41, 5.74) is 0.930. The molecule has 0 amide bonds. The van der Waals surface area contributed by atoms with Crippen molar-refractivity contribution in [2.24, 2.45) is 0 Å². The minimum Gasteiger partial charge on any atom is -0.494 e. The van der Waals surface area contributed by atoms with Crippen LogP contribution >= 0.6 is 0 Å². The number of allylic oxidation sites excluding steroid dienone is 1. The molecule has 2 rings (SSSR count). The van der Waals surface area contributed by atoms with Crippen LogP contribution in [0.4, 0.5) is 0 Å². The molecule has 0 aliphatic heterocycles. The number of hydrogen-bond acceptors (Lipinski definition) is 7. The van der Waals surface area contributed by atoms with E-state index in [2.05, 4.69) is 13.8 Å². The highest BCUT2D eigenvalue weighted by atomic mass is 16.5. The predicted octanol–water partition coefficient (Wildman–Crippen LogP) is 12.0. The average molecular weight is 693 g/mol. The quantitative estimate of drug-likeness (QED) is 0.0276. The molecule has 7 heteroatoms. The van der Waals surface area contributed by atoms with Crippen LogP contribution in [0.15, 0.2) is 42.5 Å². The molecule has 0 unspecified atom stereocenters. The van der Waals surface area contributed by atoms with E-state index in [4.69, 9.17) is 18.9 Å². The van der Waals surface area contributed by atoms with Crippen LogP contribution in [0.3, 0.4) is 0 Å². The van der Waals surface area contributed by atoms with Crippen molar-refractivity contribution < 1.29 is 33.3 Å². The van der Waals surface area contributed by atoms with Crippen LogP contribution in [-0.2, 0) is 9.59 Å². The van der Waals surface area contributed by atoms with Gasteiger partial charge in [0.25, 0.3) is 0 Å². The van der Waals surface area contributed by atoms with Crippen molar-refractivity contribution in [3.8, 4) is 23.0 Å². The molecule has 2 aromatic carbocycles. The van der Waals surface area contributed by atoms with E-state index in [-0.39, 0.29) is 23.5 Å². The fourth-order valence-corrected chi connectivity index (χ4v) is 5.81. The number of unbranched alkanes of at least 4 members (excludes halogenated alkanes) is 16. The molecule has 0 saturated carbocycles. The molecule has 0 N–H and O–H groups in total. The Morgan fingerprint density at radius 2 is 1.00 bits per heavy atom. The second-order valence-corrected chi connectivity index (χ2v) is 13.0. The molecule has 7 nitrogen and oxygen atoms in total. The lowest BCUT2D eigenvalue weighted by Gasteiger charge is -2.12. The van der Waals surface area contributed by atoms with Gasteiger partial charge < -0.3 is 18.9 Å². The Morgan fingerprint density at radius 1 is 0.520 bits per heavy atom. The number of carbonyl (C=O) groups is 3. The van der Waals surface area contributed by atoms with Gasteiger partial charge in [-0.15, -0.1) is 0 Å². The van der Waals surface area contributed by atoms with Gasteiger partial charge in [-0.05, 0) is 63.1 Å². The molecule has 0 heterocycles. The Hall–Kier alpha value is -3.61. The summed E-state index contributed by atoms with van der Waals surface area (Å²) in [4.78, 5) is 38.8. The number of benzene rings is 2. The molecule has 0 atom stereocenters. The summed E-state index contributed by atoms with van der Waals surface area (Å²) in [6.07, 6.45) is 24.6. The average Bonchev–Trinajstić information content (AvgIpc) is 3.10. The van der Waals surface area contributed by atoms with Crippen molar-refractivity contribution in [1.82, 2.24) is 0 Å². The second kappa shape index (κ2) is 27.2. The summed E-state index contributed by atoms with van der Waals surface area (Å²) in [6.45, 7) is 9.11. The highest BCUT2D eigenvalue weighted by molar-refractivity contribution is 6.09. The first-order valence-corrected chi connectivity index (χ1v) is 19.6. The van der Waals surface area contributed by atoms with Gasteiger partial charge in [0.15, 0.2) is 5.78 Å². The molecule has 0 aliphatic carbocycles. The highest BCUT2D eigenvalue weighted by Gasteiger charge is 2.15. The fourth-order valence-electron chi connectivity index (χ4n) is 5.81. The number of rotatable bonds is 29. The summed E-state index contributed by atoms with van der Waals surface area (Å²) < 4.78 is 22.7. The first kappa shape index (κ1) is 42.6. The molecule has 2 aromatic rings. The molecule has 0 fully saturated rings. The van der Waals surface area contributed by atoms with Gasteiger partial charge in [0.1, 0.15) is 23.0 Å². The van der Waals surface area contributed by atoms with Crippen molar-refractivity contribution in [2.75, 3.05) is 13.2 Å². The van der Waals surface area contributed by atoms with Crippen molar-refractivity contribution in [1.29, 1.82) is 0 Å². The van der Waals surface area contributed by atoms with Crippen LogP contribution in [0, 0.1) is 0 Å². The van der Waals surface area contributed by atoms with Crippen LogP contribution < -0.4 is 18.9 Å². The monoisotopic (exact) mass is 692 g/mol. The highest BCUT2D eigenvalue weighted by Crippen LogP contribution is 2.29. The van der Waals surface area contributed by atoms with Crippen molar-refractivity contribution in [2.45, 2.75) is 156 Å². The Labute approximate surface area is 302 Å². The number of carbonyl (C=O) groups excluding carboxylic acids is 3. The van der Waals surface area contributed by atoms with Crippen LogP contribution in [0.2, 0.25) is 0 Å². The van der Waals surface area contributed by atoms with E-state index >= 15 is 0 Å². The molecule has 0 bridgehead atoms. The predicted molar refractivity (Wildman–Crippen MR) is 204 cm³/mol. The van der Waals surface area contributed by atoms with Gasteiger partial charge in [-0.25, -0.2) is 0 Å². The number of ketones is 1. The fraction of sp³-hybridized carbons (Fsp3) is 0.605. The van der Waals surface area contributed by atoms with Gasteiger partial charge in [-0.2, -0.15) is 0 Å². The maximum Gasteiger partial charge on any atom is 0.311 e. The number of esters is 2. The molecule has 0 saturated heterocycles. The van der Waals surface area contributed by atoms with Crippen molar-refractivity contribution >= 4 is 23.8 Å². The Bertz CT molecular complexity index is 1280. The first-order valence-electron chi connectivity index (χ1n) is 19.6. The minimum absolute atomic E-state index is 0.250. The van der Waals surface area contributed by atoms with E-state index in [1.807, 2.05) is 13.8 Å². The summed E-state index contributed by atoms with van der Waals surface area (Å²) >= 11 is 0. The topological polar surface area (TPSA) is 88.1 Å². The maximum atomic E-state index is 13.3. The second-order valence-electron chi connectivity index (χ2n) is 13.0. The number of hydrogen-bond donors (Lipinski definition) is 0. The third-order valence-corrected chi connectivity index (χ3v) is 8.65. The zero-order valence-corrected chi connectivity index (χ0v) is 31.5. The zero-order valence-electron chi connectivity index (χ0n) is 31.5. The normalized spacial score (nSPS) is 11.1. The Morgan fingerprint density at radius 3 is 1.54 bits per heavy atom. The smallest absolute Gasteiger partial charge is 0.311 e. The van der Waals surface area contributed by atoms with Gasteiger partial charge in [0.2, 0.25) is 0 Å². The largest absolute Gasteiger partial charge is 0.494 e. The molecule has 50 heavy (non-hydrogen) atoms. The van der Waals surface area contributed by atoms with Crippen molar-refractivity contribution in [3.63, 3.8) is 0 Å². The van der Waals surface area contributed by atoms with Crippen LogP contribution in [-0.4, -0.2) is 30.9 Å². The lowest BCUT2D eigenvalue weighted by atomic mass is 10.1. The summed E-state index contributed by atoms with van der Waals surface area (Å²) in [7, 11) is 0. The van der Waals surface area contributed by atoms with Crippen LogP contribution in [0.5, 0.6) is 23.0 Å². The third kappa shape index (κ3) is 18.4. The van der Waals surface area contributed by atoms with E-state index in [0.717, 1.165) is 38.5 Å². The van der Waals surface area contributed by atoms with Gasteiger partial charge in [-0.3, -0.25) is 14.4 Å². The zero-order chi connectivity index (χ0) is 36.2. The molecule has 0 aromatic heterocycles. The van der Waals surface area contributed by atoms with Crippen molar-refractivity contribution in [3.05, 3.63) is 53.6 Å². The number of ether oxygens (including phenoxy) is 4. The van der Waals surface area contributed by atoms with E-state index < -0.39 is 0 Å².